The van der Waals surface area contributed by atoms with Crippen molar-refractivity contribution < 1.29 is 8.83 Å². The zero-order valence-corrected chi connectivity index (χ0v) is 14.6. The minimum Gasteiger partial charge on any atom is -0.468 e. The van der Waals surface area contributed by atoms with E-state index < -0.39 is 0 Å². The SMILES string of the molecule is CCC1CN2CCC1CC2CN(Cc1ccco1)Cc1ccco1. The highest BCUT2D eigenvalue weighted by molar-refractivity contribution is 5.02. The zero-order valence-electron chi connectivity index (χ0n) is 14.6. The number of furan rings is 2. The maximum atomic E-state index is 5.58. The summed E-state index contributed by atoms with van der Waals surface area (Å²) in [4.78, 5) is 5.20. The van der Waals surface area contributed by atoms with Crippen LogP contribution in [0.4, 0.5) is 0 Å². The fourth-order valence-corrected chi connectivity index (χ4v) is 4.63. The van der Waals surface area contributed by atoms with Crippen molar-refractivity contribution in [2.45, 2.75) is 45.3 Å². The van der Waals surface area contributed by atoms with Crippen LogP contribution < -0.4 is 0 Å². The Kier molecular flexibility index (Phi) is 4.76. The van der Waals surface area contributed by atoms with E-state index in [4.69, 9.17) is 8.83 Å². The second-order valence-corrected chi connectivity index (χ2v) is 7.43. The van der Waals surface area contributed by atoms with Gasteiger partial charge >= 0.3 is 0 Å². The summed E-state index contributed by atoms with van der Waals surface area (Å²) in [5.74, 6) is 3.91. The van der Waals surface area contributed by atoms with Crippen LogP contribution in [0.2, 0.25) is 0 Å². The van der Waals surface area contributed by atoms with E-state index in [1.807, 2.05) is 12.1 Å². The lowest BCUT2D eigenvalue weighted by Crippen LogP contribution is -2.56. The van der Waals surface area contributed by atoms with Gasteiger partial charge in [-0.2, -0.15) is 0 Å². The summed E-state index contributed by atoms with van der Waals surface area (Å²) >= 11 is 0. The first-order valence-electron chi connectivity index (χ1n) is 9.33. The summed E-state index contributed by atoms with van der Waals surface area (Å²) in [7, 11) is 0. The molecule has 3 fully saturated rings. The normalized spacial score (nSPS) is 29.4. The van der Waals surface area contributed by atoms with E-state index in [9.17, 15) is 0 Å². The molecular weight excluding hydrogens is 300 g/mol. The minimum atomic E-state index is 0.677. The van der Waals surface area contributed by atoms with Crippen molar-refractivity contribution in [3.63, 3.8) is 0 Å². The summed E-state index contributed by atoms with van der Waals surface area (Å²) in [6.45, 7) is 7.71. The molecule has 4 heteroatoms. The Morgan fingerprint density at radius 1 is 1.12 bits per heavy atom. The van der Waals surface area contributed by atoms with Gasteiger partial charge in [-0.3, -0.25) is 9.80 Å². The summed E-state index contributed by atoms with van der Waals surface area (Å²) < 4.78 is 11.2. The number of rotatable bonds is 7. The van der Waals surface area contributed by atoms with E-state index >= 15 is 0 Å². The minimum absolute atomic E-state index is 0.677. The summed E-state index contributed by atoms with van der Waals surface area (Å²) in [6, 6.07) is 8.75. The molecule has 5 heterocycles. The third-order valence-corrected chi connectivity index (χ3v) is 5.93. The van der Waals surface area contributed by atoms with Gasteiger partial charge in [0.25, 0.3) is 0 Å². The van der Waals surface area contributed by atoms with Crippen molar-refractivity contribution in [2.24, 2.45) is 11.8 Å². The summed E-state index contributed by atoms with van der Waals surface area (Å²) in [5.41, 5.74) is 0. The van der Waals surface area contributed by atoms with Crippen LogP contribution in [-0.2, 0) is 13.1 Å². The van der Waals surface area contributed by atoms with Gasteiger partial charge in [0.15, 0.2) is 0 Å². The van der Waals surface area contributed by atoms with E-state index in [0.29, 0.717) is 6.04 Å². The van der Waals surface area contributed by atoms with Gasteiger partial charge in [0, 0.05) is 19.1 Å². The van der Waals surface area contributed by atoms with Crippen molar-refractivity contribution >= 4 is 0 Å². The predicted octanol–water partition coefficient (Wildman–Crippen LogP) is 4.00. The number of nitrogens with zero attached hydrogens (tertiary/aromatic N) is 2. The number of fused-ring (bicyclic) bond motifs is 3. The molecule has 3 saturated heterocycles. The quantitative estimate of drug-likeness (QED) is 0.769. The van der Waals surface area contributed by atoms with Crippen LogP contribution in [0, 0.1) is 11.8 Å². The molecule has 4 atom stereocenters. The Hall–Kier alpha value is -1.52. The van der Waals surface area contributed by atoms with Gasteiger partial charge in [-0.05, 0) is 55.5 Å². The Labute approximate surface area is 144 Å². The smallest absolute Gasteiger partial charge is 0.117 e. The highest BCUT2D eigenvalue weighted by Crippen LogP contribution is 2.38. The highest BCUT2D eigenvalue weighted by Gasteiger charge is 2.39. The summed E-state index contributed by atoms with van der Waals surface area (Å²) in [6.07, 6.45) is 7.60. The third kappa shape index (κ3) is 3.45. The molecule has 0 N–H and O–H groups in total. The standard InChI is InChI=1S/C20H28N2O2/c1-2-16-12-22-8-7-17(16)11-18(22)13-21(14-19-5-3-9-23-19)15-20-6-4-10-24-20/h3-6,9-10,16-18H,2,7-8,11-15H2,1H3. The molecule has 0 aliphatic carbocycles. The first-order valence-corrected chi connectivity index (χ1v) is 9.33. The average molecular weight is 328 g/mol. The van der Waals surface area contributed by atoms with Crippen LogP contribution in [0.15, 0.2) is 45.6 Å². The zero-order chi connectivity index (χ0) is 16.4. The maximum Gasteiger partial charge on any atom is 0.117 e. The molecular formula is C20H28N2O2. The topological polar surface area (TPSA) is 32.8 Å². The number of hydrogen-bond donors (Lipinski definition) is 0. The molecule has 3 aliphatic heterocycles. The average Bonchev–Trinajstić information content (AvgIpc) is 3.29. The lowest BCUT2D eigenvalue weighted by atomic mass is 9.74. The van der Waals surface area contributed by atoms with Crippen molar-refractivity contribution in [1.82, 2.24) is 9.80 Å². The first-order chi connectivity index (χ1) is 11.8. The molecule has 24 heavy (non-hydrogen) atoms. The van der Waals surface area contributed by atoms with E-state index in [1.165, 1.54) is 32.4 Å². The van der Waals surface area contributed by atoms with Gasteiger partial charge in [-0.15, -0.1) is 0 Å². The lowest BCUT2D eigenvalue weighted by molar-refractivity contribution is -0.0175. The van der Waals surface area contributed by atoms with E-state index in [-0.39, 0.29) is 0 Å². The van der Waals surface area contributed by atoms with Gasteiger partial charge < -0.3 is 8.83 Å². The fraction of sp³-hybridized carbons (Fsp3) is 0.600. The molecule has 0 radical (unpaired) electrons. The fourth-order valence-electron chi connectivity index (χ4n) is 4.63. The second-order valence-electron chi connectivity index (χ2n) is 7.43. The predicted molar refractivity (Wildman–Crippen MR) is 93.4 cm³/mol. The molecule has 0 spiro atoms. The molecule has 2 bridgehead atoms. The monoisotopic (exact) mass is 328 g/mol. The molecule has 5 rings (SSSR count). The summed E-state index contributed by atoms with van der Waals surface area (Å²) in [5, 5.41) is 0. The van der Waals surface area contributed by atoms with Crippen LogP contribution >= 0.6 is 0 Å². The molecule has 0 aromatic carbocycles. The van der Waals surface area contributed by atoms with Crippen molar-refractivity contribution in [1.29, 1.82) is 0 Å². The third-order valence-electron chi connectivity index (χ3n) is 5.93. The van der Waals surface area contributed by atoms with Crippen LogP contribution in [0.25, 0.3) is 0 Å². The van der Waals surface area contributed by atoms with Gasteiger partial charge in [0.05, 0.1) is 25.6 Å². The molecule has 130 valence electrons. The van der Waals surface area contributed by atoms with Gasteiger partial charge in [-0.1, -0.05) is 13.3 Å². The number of piperidine rings is 3. The largest absolute Gasteiger partial charge is 0.468 e. The Morgan fingerprint density at radius 2 is 1.83 bits per heavy atom. The lowest BCUT2D eigenvalue weighted by Gasteiger charge is -2.50. The first kappa shape index (κ1) is 16.0. The molecule has 0 saturated carbocycles. The van der Waals surface area contributed by atoms with Crippen molar-refractivity contribution in [3.05, 3.63) is 48.3 Å². The van der Waals surface area contributed by atoms with Gasteiger partial charge in [-0.25, -0.2) is 0 Å². The van der Waals surface area contributed by atoms with E-state index in [2.05, 4.69) is 28.9 Å². The Balaban J connectivity index is 1.43. The number of hydrogen-bond acceptors (Lipinski definition) is 4. The van der Waals surface area contributed by atoms with Gasteiger partial charge in [0.1, 0.15) is 11.5 Å². The van der Waals surface area contributed by atoms with E-state index in [0.717, 1.165) is 43.0 Å². The van der Waals surface area contributed by atoms with Crippen LogP contribution in [-0.4, -0.2) is 35.5 Å². The molecule has 0 amide bonds. The molecule has 4 unspecified atom stereocenters. The van der Waals surface area contributed by atoms with Crippen LogP contribution in [0.1, 0.15) is 37.7 Å². The Bertz CT molecular complexity index is 571. The van der Waals surface area contributed by atoms with E-state index in [1.54, 1.807) is 12.5 Å². The second kappa shape index (κ2) is 7.16. The highest BCUT2D eigenvalue weighted by atomic mass is 16.3. The van der Waals surface area contributed by atoms with Crippen molar-refractivity contribution in [2.75, 3.05) is 19.6 Å². The van der Waals surface area contributed by atoms with Crippen molar-refractivity contribution in [3.8, 4) is 0 Å². The van der Waals surface area contributed by atoms with Gasteiger partial charge in [0.2, 0.25) is 0 Å². The molecule has 2 aromatic heterocycles. The van der Waals surface area contributed by atoms with Crippen LogP contribution in [0.5, 0.6) is 0 Å². The Morgan fingerprint density at radius 3 is 2.33 bits per heavy atom. The molecule has 3 aliphatic rings. The maximum absolute atomic E-state index is 5.58. The van der Waals surface area contributed by atoms with Crippen LogP contribution in [0.3, 0.4) is 0 Å². The molecule has 4 nitrogen and oxygen atoms in total. The molecule has 2 aromatic rings.